The van der Waals surface area contributed by atoms with Crippen molar-refractivity contribution >= 4 is 28.6 Å². The first-order valence-electron chi connectivity index (χ1n) is 11.5. The minimum absolute atomic E-state index is 0.479. The zero-order valence-electron chi connectivity index (χ0n) is 20.6. The monoisotopic (exact) mass is 495 g/mol. The van der Waals surface area contributed by atoms with Crippen LogP contribution in [0.1, 0.15) is 42.7 Å². The van der Waals surface area contributed by atoms with Crippen LogP contribution in [0.4, 0.5) is 5.82 Å². The van der Waals surface area contributed by atoms with Gasteiger partial charge >= 0.3 is 0 Å². The number of halogens is 1. The standard InChI is InChI=1S/C26H30ClN5O3/c1-6-22-28-25(31(3)15-18-10-11-20(34-4)13-21(18)35-5)23-26(29-22)32(24(30-23)16(2)33)14-17-8-7-9-19(27)12-17/h7-13,16,33H,6,14-15H2,1-5H3. The van der Waals surface area contributed by atoms with Gasteiger partial charge in [-0.1, -0.05) is 30.7 Å². The fourth-order valence-electron chi connectivity index (χ4n) is 4.08. The fraction of sp³-hybridized carbons (Fsp3) is 0.346. The average molecular weight is 496 g/mol. The van der Waals surface area contributed by atoms with Crippen molar-refractivity contribution < 1.29 is 14.6 Å². The van der Waals surface area contributed by atoms with E-state index in [9.17, 15) is 5.11 Å². The van der Waals surface area contributed by atoms with Crippen LogP contribution in [0.2, 0.25) is 5.02 Å². The van der Waals surface area contributed by atoms with E-state index in [2.05, 4.69) is 0 Å². The van der Waals surface area contributed by atoms with Gasteiger partial charge in [-0.15, -0.1) is 0 Å². The molecule has 2 heterocycles. The summed E-state index contributed by atoms with van der Waals surface area (Å²) >= 11 is 6.22. The molecule has 0 aliphatic carbocycles. The minimum atomic E-state index is -0.784. The van der Waals surface area contributed by atoms with Crippen molar-refractivity contribution in [3.63, 3.8) is 0 Å². The van der Waals surface area contributed by atoms with Crippen molar-refractivity contribution in [1.82, 2.24) is 19.5 Å². The molecule has 0 saturated heterocycles. The van der Waals surface area contributed by atoms with Crippen molar-refractivity contribution in [2.24, 2.45) is 0 Å². The molecule has 1 atom stereocenters. The average Bonchev–Trinajstić information content (AvgIpc) is 3.22. The molecule has 9 heteroatoms. The highest BCUT2D eigenvalue weighted by atomic mass is 35.5. The SMILES string of the molecule is CCc1nc(N(C)Cc2ccc(OC)cc2OC)c2nc(C(C)O)n(Cc3cccc(Cl)c3)c2n1. The molecule has 0 amide bonds. The summed E-state index contributed by atoms with van der Waals surface area (Å²) in [4.78, 5) is 16.4. The van der Waals surface area contributed by atoms with Crippen molar-refractivity contribution in [1.29, 1.82) is 0 Å². The first-order chi connectivity index (χ1) is 16.8. The molecule has 0 bridgehead atoms. The number of methoxy groups -OCH3 is 2. The first-order valence-corrected chi connectivity index (χ1v) is 11.8. The summed E-state index contributed by atoms with van der Waals surface area (Å²) in [6.45, 7) is 4.74. The molecule has 0 aliphatic heterocycles. The Balaban J connectivity index is 1.81. The number of hydrogen-bond donors (Lipinski definition) is 1. The van der Waals surface area contributed by atoms with Gasteiger partial charge in [-0.25, -0.2) is 15.0 Å². The second kappa shape index (κ2) is 10.5. The molecule has 1 N–H and O–H groups in total. The summed E-state index contributed by atoms with van der Waals surface area (Å²) in [7, 11) is 5.23. The number of aryl methyl sites for hydroxylation is 1. The lowest BCUT2D eigenvalue weighted by Gasteiger charge is -2.21. The normalized spacial score (nSPS) is 12.1. The van der Waals surface area contributed by atoms with E-state index in [1.807, 2.05) is 65.9 Å². The van der Waals surface area contributed by atoms with E-state index in [4.69, 9.17) is 36.0 Å². The van der Waals surface area contributed by atoms with E-state index >= 15 is 0 Å². The van der Waals surface area contributed by atoms with Crippen LogP contribution >= 0.6 is 11.6 Å². The van der Waals surface area contributed by atoms with Crippen LogP contribution in [0.3, 0.4) is 0 Å². The van der Waals surface area contributed by atoms with Crippen molar-refractivity contribution in [2.45, 2.75) is 39.5 Å². The predicted octanol–water partition coefficient (Wildman–Crippen LogP) is 4.80. The van der Waals surface area contributed by atoms with Crippen LogP contribution in [0.5, 0.6) is 11.5 Å². The molecule has 2 aromatic carbocycles. The van der Waals surface area contributed by atoms with Gasteiger partial charge in [-0.05, 0) is 36.8 Å². The third kappa shape index (κ3) is 5.18. The second-order valence-electron chi connectivity index (χ2n) is 8.39. The largest absolute Gasteiger partial charge is 0.497 e. The molecule has 184 valence electrons. The molecular formula is C26H30ClN5O3. The van der Waals surface area contributed by atoms with Gasteiger partial charge < -0.3 is 24.0 Å². The number of nitrogens with zero attached hydrogens (tertiary/aromatic N) is 5. The van der Waals surface area contributed by atoms with Crippen LogP contribution < -0.4 is 14.4 Å². The van der Waals surface area contributed by atoms with Gasteiger partial charge in [0.1, 0.15) is 29.3 Å². The Morgan fingerprint density at radius 2 is 1.89 bits per heavy atom. The van der Waals surface area contributed by atoms with E-state index < -0.39 is 6.10 Å². The zero-order chi connectivity index (χ0) is 25.1. The Kier molecular flexibility index (Phi) is 7.42. The van der Waals surface area contributed by atoms with Crippen molar-refractivity contribution in [3.8, 4) is 11.5 Å². The van der Waals surface area contributed by atoms with Crippen molar-refractivity contribution in [3.05, 3.63) is 70.3 Å². The summed E-state index contributed by atoms with van der Waals surface area (Å²) < 4.78 is 12.9. The van der Waals surface area contributed by atoms with Gasteiger partial charge in [0.05, 0.1) is 20.8 Å². The highest BCUT2D eigenvalue weighted by Crippen LogP contribution is 2.31. The van der Waals surface area contributed by atoms with E-state index in [1.165, 1.54) is 0 Å². The molecule has 4 aromatic rings. The van der Waals surface area contributed by atoms with Crippen LogP contribution in [-0.2, 0) is 19.5 Å². The van der Waals surface area contributed by atoms with Crippen LogP contribution in [-0.4, -0.2) is 45.9 Å². The minimum Gasteiger partial charge on any atom is -0.497 e. The van der Waals surface area contributed by atoms with Crippen LogP contribution in [0.15, 0.2) is 42.5 Å². The van der Waals surface area contributed by atoms with E-state index in [1.54, 1.807) is 21.1 Å². The molecule has 4 rings (SSSR count). The first kappa shape index (κ1) is 24.8. The number of ether oxygens (including phenoxy) is 2. The molecule has 0 aliphatic rings. The maximum absolute atomic E-state index is 10.5. The Morgan fingerprint density at radius 1 is 1.09 bits per heavy atom. The maximum atomic E-state index is 10.5. The molecule has 0 fully saturated rings. The number of rotatable bonds is 9. The smallest absolute Gasteiger partial charge is 0.166 e. The Morgan fingerprint density at radius 3 is 2.54 bits per heavy atom. The molecule has 8 nitrogen and oxygen atoms in total. The summed E-state index contributed by atoms with van der Waals surface area (Å²) in [5, 5.41) is 11.2. The third-order valence-electron chi connectivity index (χ3n) is 5.84. The van der Waals surface area contributed by atoms with Gasteiger partial charge in [-0.3, -0.25) is 0 Å². The summed E-state index contributed by atoms with van der Waals surface area (Å²) in [5.41, 5.74) is 3.29. The number of imidazole rings is 1. The lowest BCUT2D eigenvalue weighted by atomic mass is 10.1. The highest BCUT2D eigenvalue weighted by molar-refractivity contribution is 6.30. The van der Waals surface area contributed by atoms with Crippen LogP contribution in [0, 0.1) is 0 Å². The second-order valence-corrected chi connectivity index (χ2v) is 8.82. The maximum Gasteiger partial charge on any atom is 0.166 e. The molecule has 0 spiro atoms. The summed E-state index contributed by atoms with van der Waals surface area (Å²) in [6, 6.07) is 13.4. The highest BCUT2D eigenvalue weighted by Gasteiger charge is 2.23. The number of anilines is 1. The van der Waals surface area contributed by atoms with Crippen LogP contribution in [0.25, 0.3) is 11.2 Å². The summed E-state index contributed by atoms with van der Waals surface area (Å²) in [5.74, 6) is 3.38. The molecule has 0 saturated carbocycles. The number of aliphatic hydroxyl groups is 1. The lowest BCUT2D eigenvalue weighted by Crippen LogP contribution is -2.20. The van der Waals surface area contributed by atoms with E-state index in [0.717, 1.165) is 22.6 Å². The lowest BCUT2D eigenvalue weighted by molar-refractivity contribution is 0.185. The topological polar surface area (TPSA) is 85.5 Å². The number of aromatic nitrogens is 4. The molecular weight excluding hydrogens is 466 g/mol. The van der Waals surface area contributed by atoms with Gasteiger partial charge in [-0.2, -0.15) is 0 Å². The van der Waals surface area contributed by atoms with E-state index in [0.29, 0.717) is 53.2 Å². The predicted molar refractivity (Wildman–Crippen MR) is 138 cm³/mol. The van der Waals surface area contributed by atoms with E-state index in [-0.39, 0.29) is 0 Å². The Labute approximate surface area is 210 Å². The molecule has 35 heavy (non-hydrogen) atoms. The molecule has 1 unspecified atom stereocenters. The number of benzene rings is 2. The quantitative estimate of drug-likeness (QED) is 0.357. The Bertz CT molecular complexity index is 1340. The fourth-order valence-corrected chi connectivity index (χ4v) is 4.29. The molecule has 2 aromatic heterocycles. The number of fused-ring (bicyclic) bond motifs is 1. The number of hydrogen-bond acceptors (Lipinski definition) is 7. The third-order valence-corrected chi connectivity index (χ3v) is 6.07. The van der Waals surface area contributed by atoms with Crippen molar-refractivity contribution in [2.75, 3.05) is 26.2 Å². The zero-order valence-corrected chi connectivity index (χ0v) is 21.4. The van der Waals surface area contributed by atoms with Gasteiger partial charge in [0.25, 0.3) is 0 Å². The van der Waals surface area contributed by atoms with Gasteiger partial charge in [0.2, 0.25) is 0 Å². The Hall–Kier alpha value is -3.36. The van der Waals surface area contributed by atoms with Gasteiger partial charge in [0, 0.05) is 36.7 Å². The van der Waals surface area contributed by atoms with Gasteiger partial charge in [0.15, 0.2) is 17.0 Å². The summed E-state index contributed by atoms with van der Waals surface area (Å²) in [6.07, 6.45) is -0.122. The number of aliphatic hydroxyl groups excluding tert-OH is 1. The molecule has 0 radical (unpaired) electrons.